The Kier molecular flexibility index (Phi) is 5.29. The standard InChI is InChI=1S/C13H18ClNO2/c1-13(2,8-9-14)15-12(16)10-17-11-6-4-3-5-7-11/h3-7H,8-10H2,1-2H3,(H,15,16). The molecule has 1 aromatic carbocycles. The number of hydrogen-bond acceptors (Lipinski definition) is 2. The lowest BCUT2D eigenvalue weighted by molar-refractivity contribution is -0.124. The van der Waals surface area contributed by atoms with E-state index in [2.05, 4.69) is 5.32 Å². The minimum atomic E-state index is -0.293. The summed E-state index contributed by atoms with van der Waals surface area (Å²) in [4.78, 5) is 11.6. The Hall–Kier alpha value is -1.22. The fourth-order valence-electron chi connectivity index (χ4n) is 1.38. The molecule has 0 aliphatic rings. The van der Waals surface area contributed by atoms with Gasteiger partial charge in [-0.2, -0.15) is 0 Å². The van der Waals surface area contributed by atoms with Gasteiger partial charge >= 0.3 is 0 Å². The number of rotatable bonds is 6. The maximum Gasteiger partial charge on any atom is 0.258 e. The average Bonchev–Trinajstić information content (AvgIpc) is 2.27. The van der Waals surface area contributed by atoms with Crippen molar-refractivity contribution in [1.29, 1.82) is 0 Å². The number of nitrogens with one attached hydrogen (secondary N) is 1. The van der Waals surface area contributed by atoms with Gasteiger partial charge in [0, 0.05) is 11.4 Å². The Morgan fingerprint density at radius 3 is 2.59 bits per heavy atom. The second kappa shape index (κ2) is 6.50. The molecule has 0 atom stereocenters. The molecule has 0 radical (unpaired) electrons. The van der Waals surface area contributed by atoms with Crippen LogP contribution in [0.3, 0.4) is 0 Å². The van der Waals surface area contributed by atoms with Crippen molar-refractivity contribution in [2.75, 3.05) is 12.5 Å². The molecule has 1 rings (SSSR count). The van der Waals surface area contributed by atoms with Crippen molar-refractivity contribution < 1.29 is 9.53 Å². The number of halogens is 1. The van der Waals surface area contributed by atoms with Crippen molar-refractivity contribution in [3.63, 3.8) is 0 Å². The maximum atomic E-state index is 11.6. The summed E-state index contributed by atoms with van der Waals surface area (Å²) >= 11 is 5.66. The van der Waals surface area contributed by atoms with Crippen LogP contribution in [-0.2, 0) is 4.79 Å². The van der Waals surface area contributed by atoms with Crippen LogP contribution in [0, 0.1) is 0 Å². The van der Waals surface area contributed by atoms with Gasteiger partial charge in [-0.3, -0.25) is 4.79 Å². The van der Waals surface area contributed by atoms with Gasteiger partial charge in [0.25, 0.3) is 5.91 Å². The highest BCUT2D eigenvalue weighted by atomic mass is 35.5. The van der Waals surface area contributed by atoms with Crippen LogP contribution in [0.5, 0.6) is 5.75 Å². The Balaban J connectivity index is 2.35. The SMILES string of the molecule is CC(C)(CCCl)NC(=O)COc1ccccc1. The fourth-order valence-corrected chi connectivity index (χ4v) is 1.85. The molecule has 1 N–H and O–H groups in total. The second-order valence-electron chi connectivity index (χ2n) is 4.47. The van der Waals surface area contributed by atoms with Crippen molar-refractivity contribution >= 4 is 17.5 Å². The van der Waals surface area contributed by atoms with E-state index in [-0.39, 0.29) is 18.1 Å². The van der Waals surface area contributed by atoms with Crippen LogP contribution in [-0.4, -0.2) is 23.9 Å². The summed E-state index contributed by atoms with van der Waals surface area (Å²) in [6.45, 7) is 3.90. The first-order valence-corrected chi connectivity index (χ1v) is 6.12. The number of carbonyl (C=O) groups excluding carboxylic acids is 1. The van der Waals surface area contributed by atoms with Crippen LogP contribution in [0.25, 0.3) is 0 Å². The first-order valence-electron chi connectivity index (χ1n) is 5.58. The molecule has 94 valence electrons. The smallest absolute Gasteiger partial charge is 0.258 e. The van der Waals surface area contributed by atoms with Crippen LogP contribution in [0.15, 0.2) is 30.3 Å². The van der Waals surface area contributed by atoms with Gasteiger partial charge in [-0.1, -0.05) is 18.2 Å². The minimum Gasteiger partial charge on any atom is -0.484 e. The maximum absolute atomic E-state index is 11.6. The Bertz CT molecular complexity index is 352. The quantitative estimate of drug-likeness (QED) is 0.794. The molecule has 0 saturated heterocycles. The second-order valence-corrected chi connectivity index (χ2v) is 4.85. The zero-order valence-corrected chi connectivity index (χ0v) is 11.0. The van der Waals surface area contributed by atoms with Crippen molar-refractivity contribution in [3.8, 4) is 5.75 Å². The van der Waals surface area contributed by atoms with Crippen molar-refractivity contribution in [2.45, 2.75) is 25.8 Å². The van der Waals surface area contributed by atoms with Gasteiger partial charge in [0.1, 0.15) is 5.75 Å². The van der Waals surface area contributed by atoms with Crippen molar-refractivity contribution in [3.05, 3.63) is 30.3 Å². The van der Waals surface area contributed by atoms with Gasteiger partial charge in [-0.15, -0.1) is 11.6 Å². The van der Waals surface area contributed by atoms with Gasteiger partial charge < -0.3 is 10.1 Å². The number of para-hydroxylation sites is 1. The molecule has 0 bridgehead atoms. The Morgan fingerprint density at radius 1 is 1.35 bits per heavy atom. The molecule has 17 heavy (non-hydrogen) atoms. The molecular weight excluding hydrogens is 238 g/mol. The fraction of sp³-hybridized carbons (Fsp3) is 0.462. The van der Waals surface area contributed by atoms with Crippen LogP contribution in [0.1, 0.15) is 20.3 Å². The molecule has 1 amide bonds. The molecule has 0 aromatic heterocycles. The summed E-state index contributed by atoms with van der Waals surface area (Å²) in [7, 11) is 0. The molecule has 1 aromatic rings. The lowest BCUT2D eigenvalue weighted by Crippen LogP contribution is -2.45. The summed E-state index contributed by atoms with van der Waals surface area (Å²) in [5, 5.41) is 2.88. The number of alkyl halides is 1. The number of benzene rings is 1. The van der Waals surface area contributed by atoms with E-state index in [9.17, 15) is 4.79 Å². The normalized spacial score (nSPS) is 11.0. The van der Waals surface area contributed by atoms with E-state index in [4.69, 9.17) is 16.3 Å². The molecule has 0 aliphatic heterocycles. The van der Waals surface area contributed by atoms with Crippen LogP contribution >= 0.6 is 11.6 Å². The number of amides is 1. The molecule has 4 heteroatoms. The lowest BCUT2D eigenvalue weighted by Gasteiger charge is -2.25. The van der Waals surface area contributed by atoms with Crippen molar-refractivity contribution in [1.82, 2.24) is 5.32 Å². The molecule has 0 aliphatic carbocycles. The minimum absolute atomic E-state index is 0.0235. The number of hydrogen-bond donors (Lipinski definition) is 1. The largest absolute Gasteiger partial charge is 0.484 e. The molecule has 3 nitrogen and oxygen atoms in total. The highest BCUT2D eigenvalue weighted by Crippen LogP contribution is 2.10. The highest BCUT2D eigenvalue weighted by Gasteiger charge is 2.19. The highest BCUT2D eigenvalue weighted by molar-refractivity contribution is 6.17. The first kappa shape index (κ1) is 13.8. The van der Waals surface area contributed by atoms with Crippen molar-refractivity contribution in [2.24, 2.45) is 0 Å². The topological polar surface area (TPSA) is 38.3 Å². The molecule has 0 fully saturated rings. The van der Waals surface area contributed by atoms with E-state index in [1.165, 1.54) is 0 Å². The van der Waals surface area contributed by atoms with Crippen LogP contribution in [0.2, 0.25) is 0 Å². The summed E-state index contributed by atoms with van der Waals surface area (Å²) in [5.41, 5.74) is -0.293. The zero-order valence-electron chi connectivity index (χ0n) is 10.2. The summed E-state index contributed by atoms with van der Waals surface area (Å²) in [6.07, 6.45) is 0.728. The monoisotopic (exact) mass is 255 g/mol. The summed E-state index contributed by atoms with van der Waals surface area (Å²) in [6, 6.07) is 9.26. The van der Waals surface area contributed by atoms with Gasteiger partial charge in [0.2, 0.25) is 0 Å². The summed E-state index contributed by atoms with van der Waals surface area (Å²) in [5.74, 6) is 1.08. The molecular formula is C13H18ClNO2. The van der Waals surface area contributed by atoms with Gasteiger partial charge in [-0.25, -0.2) is 0 Å². The molecule has 0 heterocycles. The molecule has 0 unspecified atom stereocenters. The third-order valence-electron chi connectivity index (χ3n) is 2.31. The molecule has 0 spiro atoms. The third kappa shape index (κ3) is 5.59. The van der Waals surface area contributed by atoms with E-state index < -0.39 is 0 Å². The van der Waals surface area contributed by atoms with Crippen LogP contribution in [0.4, 0.5) is 0 Å². The van der Waals surface area contributed by atoms with Crippen LogP contribution < -0.4 is 10.1 Å². The lowest BCUT2D eigenvalue weighted by atomic mass is 10.0. The van der Waals surface area contributed by atoms with E-state index in [0.717, 1.165) is 6.42 Å². The Morgan fingerprint density at radius 2 is 2.00 bits per heavy atom. The van der Waals surface area contributed by atoms with Gasteiger partial charge in [0.05, 0.1) is 0 Å². The third-order valence-corrected chi connectivity index (χ3v) is 2.50. The number of carbonyl (C=O) groups is 1. The van der Waals surface area contributed by atoms with Gasteiger partial charge in [-0.05, 0) is 32.4 Å². The van der Waals surface area contributed by atoms with E-state index in [1.54, 1.807) is 0 Å². The number of ether oxygens (including phenoxy) is 1. The van der Waals surface area contributed by atoms with E-state index in [0.29, 0.717) is 11.6 Å². The predicted molar refractivity (Wildman–Crippen MR) is 69.5 cm³/mol. The first-order chi connectivity index (χ1) is 8.03. The predicted octanol–water partition coefficient (Wildman–Crippen LogP) is 2.59. The van der Waals surface area contributed by atoms with E-state index >= 15 is 0 Å². The average molecular weight is 256 g/mol. The van der Waals surface area contributed by atoms with E-state index in [1.807, 2.05) is 44.2 Å². The summed E-state index contributed by atoms with van der Waals surface area (Å²) < 4.78 is 5.35. The molecule has 0 saturated carbocycles. The Labute approximate surface area is 107 Å². The van der Waals surface area contributed by atoms with Gasteiger partial charge in [0.15, 0.2) is 6.61 Å². The zero-order chi connectivity index (χ0) is 12.7.